The van der Waals surface area contributed by atoms with E-state index in [4.69, 9.17) is 0 Å². The number of esters is 1. The van der Waals surface area contributed by atoms with E-state index in [1.807, 2.05) is 0 Å². The second-order valence-corrected chi connectivity index (χ2v) is 5.01. The highest BCUT2D eigenvalue weighted by Crippen LogP contribution is 2.29. The van der Waals surface area contributed by atoms with Crippen LogP contribution < -0.4 is 5.32 Å². The lowest BCUT2D eigenvalue weighted by Crippen LogP contribution is -2.41. The van der Waals surface area contributed by atoms with Crippen LogP contribution in [0.5, 0.6) is 0 Å². The van der Waals surface area contributed by atoms with E-state index < -0.39 is 0 Å². The van der Waals surface area contributed by atoms with Crippen molar-refractivity contribution in [3.63, 3.8) is 0 Å². The molecule has 0 aromatic rings. The molecule has 1 N–H and O–H groups in total. The second-order valence-electron chi connectivity index (χ2n) is 5.01. The first-order valence-electron chi connectivity index (χ1n) is 6.45. The summed E-state index contributed by atoms with van der Waals surface area (Å²) >= 11 is 0. The molecule has 3 heteroatoms. The van der Waals surface area contributed by atoms with Gasteiger partial charge in [0.2, 0.25) is 0 Å². The number of hydrogen-bond donors (Lipinski definition) is 1. The Kier molecular flexibility index (Phi) is 5.81. The molecule has 1 aliphatic carbocycles. The molecule has 3 nitrogen and oxygen atoms in total. The molecular formula is C13H25NO2. The first-order valence-corrected chi connectivity index (χ1v) is 6.45. The van der Waals surface area contributed by atoms with Crippen LogP contribution >= 0.6 is 0 Å². The van der Waals surface area contributed by atoms with Crippen LogP contribution in [0.25, 0.3) is 0 Å². The summed E-state index contributed by atoms with van der Waals surface area (Å²) in [6.45, 7) is 5.60. The molecule has 1 saturated carbocycles. The minimum Gasteiger partial charge on any atom is -0.469 e. The summed E-state index contributed by atoms with van der Waals surface area (Å²) in [4.78, 5) is 10.9. The van der Waals surface area contributed by atoms with Crippen LogP contribution in [0, 0.1) is 11.8 Å². The van der Waals surface area contributed by atoms with Gasteiger partial charge < -0.3 is 10.1 Å². The zero-order chi connectivity index (χ0) is 12.0. The summed E-state index contributed by atoms with van der Waals surface area (Å²) in [5.74, 6) is 1.48. The number of carbonyl (C=O) groups is 1. The van der Waals surface area contributed by atoms with Crippen molar-refractivity contribution in [2.45, 2.75) is 52.0 Å². The number of hydrogen-bond acceptors (Lipinski definition) is 3. The van der Waals surface area contributed by atoms with E-state index in [0.717, 1.165) is 24.8 Å². The van der Waals surface area contributed by atoms with Crippen LogP contribution in [0.3, 0.4) is 0 Å². The molecule has 3 atom stereocenters. The predicted octanol–water partition coefficient (Wildman–Crippen LogP) is 2.35. The van der Waals surface area contributed by atoms with Crippen LogP contribution in [0.15, 0.2) is 0 Å². The predicted molar refractivity (Wildman–Crippen MR) is 65.2 cm³/mol. The topological polar surface area (TPSA) is 38.3 Å². The maximum atomic E-state index is 10.9. The summed E-state index contributed by atoms with van der Waals surface area (Å²) in [7, 11) is 1.45. The molecule has 1 fully saturated rings. The van der Waals surface area contributed by atoms with Gasteiger partial charge in [0.15, 0.2) is 0 Å². The monoisotopic (exact) mass is 227 g/mol. The van der Waals surface area contributed by atoms with E-state index in [-0.39, 0.29) is 5.97 Å². The van der Waals surface area contributed by atoms with Gasteiger partial charge in [-0.2, -0.15) is 0 Å². The molecular weight excluding hydrogens is 202 g/mol. The Bertz CT molecular complexity index is 218. The Morgan fingerprint density at radius 2 is 2.12 bits per heavy atom. The van der Waals surface area contributed by atoms with E-state index >= 15 is 0 Å². The Hall–Kier alpha value is -0.570. The fourth-order valence-electron chi connectivity index (χ4n) is 2.49. The minimum absolute atomic E-state index is 0.105. The zero-order valence-electron chi connectivity index (χ0n) is 10.8. The fraction of sp³-hybridized carbons (Fsp3) is 0.923. The minimum atomic E-state index is -0.105. The van der Waals surface area contributed by atoms with Crippen molar-refractivity contribution < 1.29 is 9.53 Å². The van der Waals surface area contributed by atoms with E-state index in [1.54, 1.807) is 0 Å². The molecule has 0 bridgehead atoms. The molecule has 0 aromatic carbocycles. The van der Waals surface area contributed by atoms with E-state index in [0.29, 0.717) is 12.5 Å². The van der Waals surface area contributed by atoms with Gasteiger partial charge in [-0.3, -0.25) is 4.79 Å². The molecule has 0 aromatic heterocycles. The largest absolute Gasteiger partial charge is 0.469 e. The molecule has 0 heterocycles. The lowest BCUT2D eigenvalue weighted by Gasteiger charge is -2.34. The molecule has 0 spiro atoms. The first-order chi connectivity index (χ1) is 7.65. The van der Waals surface area contributed by atoms with Gasteiger partial charge in [0.25, 0.3) is 0 Å². The molecule has 0 amide bonds. The van der Waals surface area contributed by atoms with Crippen LogP contribution in [0.4, 0.5) is 0 Å². The molecule has 94 valence electrons. The Labute approximate surface area is 98.9 Å². The van der Waals surface area contributed by atoms with Crippen molar-refractivity contribution in [2.75, 3.05) is 13.7 Å². The standard InChI is InChI=1S/C13H25NO2/c1-10-6-4-7-12(11(10)2)14-9-5-8-13(15)16-3/h10-12,14H,4-9H2,1-3H3. The van der Waals surface area contributed by atoms with Crippen LogP contribution in [-0.2, 0) is 9.53 Å². The van der Waals surface area contributed by atoms with Gasteiger partial charge in [-0.25, -0.2) is 0 Å². The van der Waals surface area contributed by atoms with Crippen molar-refractivity contribution in [3.05, 3.63) is 0 Å². The summed E-state index contributed by atoms with van der Waals surface area (Å²) in [5.41, 5.74) is 0. The summed E-state index contributed by atoms with van der Waals surface area (Å²) in [5, 5.41) is 3.57. The quantitative estimate of drug-likeness (QED) is 0.579. The van der Waals surface area contributed by atoms with E-state index in [1.165, 1.54) is 26.4 Å². The first kappa shape index (κ1) is 13.5. The highest BCUT2D eigenvalue weighted by atomic mass is 16.5. The Balaban J connectivity index is 2.14. The molecule has 0 aliphatic heterocycles. The lowest BCUT2D eigenvalue weighted by molar-refractivity contribution is -0.140. The van der Waals surface area contributed by atoms with Gasteiger partial charge in [-0.05, 0) is 31.2 Å². The van der Waals surface area contributed by atoms with Gasteiger partial charge in [-0.1, -0.05) is 26.7 Å². The van der Waals surface area contributed by atoms with E-state index in [9.17, 15) is 4.79 Å². The zero-order valence-corrected chi connectivity index (χ0v) is 10.8. The maximum absolute atomic E-state index is 10.9. The molecule has 16 heavy (non-hydrogen) atoms. The third kappa shape index (κ3) is 4.12. The smallest absolute Gasteiger partial charge is 0.305 e. The van der Waals surface area contributed by atoms with Crippen molar-refractivity contribution in [2.24, 2.45) is 11.8 Å². The Morgan fingerprint density at radius 3 is 2.81 bits per heavy atom. The fourth-order valence-corrected chi connectivity index (χ4v) is 2.49. The highest BCUT2D eigenvalue weighted by Gasteiger charge is 2.26. The van der Waals surface area contributed by atoms with Crippen LogP contribution in [0.2, 0.25) is 0 Å². The van der Waals surface area contributed by atoms with Crippen molar-refractivity contribution in [1.82, 2.24) is 5.32 Å². The third-order valence-electron chi connectivity index (χ3n) is 3.90. The third-order valence-corrected chi connectivity index (χ3v) is 3.90. The van der Waals surface area contributed by atoms with Crippen molar-refractivity contribution in [3.8, 4) is 0 Å². The maximum Gasteiger partial charge on any atom is 0.305 e. The molecule has 0 saturated heterocycles. The summed E-state index contributed by atoms with van der Waals surface area (Å²) < 4.78 is 4.61. The van der Waals surface area contributed by atoms with Gasteiger partial charge in [0.1, 0.15) is 0 Å². The van der Waals surface area contributed by atoms with E-state index in [2.05, 4.69) is 23.9 Å². The van der Waals surface area contributed by atoms with Gasteiger partial charge in [0, 0.05) is 12.5 Å². The number of nitrogens with one attached hydrogen (secondary N) is 1. The summed E-state index contributed by atoms with van der Waals surface area (Å²) in [6.07, 6.45) is 5.38. The van der Waals surface area contributed by atoms with Gasteiger partial charge >= 0.3 is 5.97 Å². The average molecular weight is 227 g/mol. The SMILES string of the molecule is COC(=O)CCCNC1CCCC(C)C1C. The average Bonchev–Trinajstić information content (AvgIpc) is 2.29. The molecule has 0 radical (unpaired) electrons. The van der Waals surface area contributed by atoms with Gasteiger partial charge in [0.05, 0.1) is 7.11 Å². The molecule has 3 unspecified atom stereocenters. The van der Waals surface area contributed by atoms with Gasteiger partial charge in [-0.15, -0.1) is 0 Å². The number of ether oxygens (including phenoxy) is 1. The number of rotatable bonds is 5. The number of methoxy groups -OCH3 is 1. The van der Waals surface area contributed by atoms with Crippen molar-refractivity contribution >= 4 is 5.97 Å². The van der Waals surface area contributed by atoms with Crippen LogP contribution in [0.1, 0.15) is 46.0 Å². The molecule has 1 rings (SSSR count). The molecule has 1 aliphatic rings. The number of carbonyl (C=O) groups excluding carboxylic acids is 1. The van der Waals surface area contributed by atoms with Crippen molar-refractivity contribution in [1.29, 1.82) is 0 Å². The highest BCUT2D eigenvalue weighted by molar-refractivity contribution is 5.69. The summed E-state index contributed by atoms with van der Waals surface area (Å²) in [6, 6.07) is 0.640. The Morgan fingerprint density at radius 1 is 1.38 bits per heavy atom. The van der Waals surface area contributed by atoms with Crippen LogP contribution in [-0.4, -0.2) is 25.7 Å². The lowest BCUT2D eigenvalue weighted by atomic mass is 9.78. The normalized spacial score (nSPS) is 30.1. The second kappa shape index (κ2) is 6.89.